The Kier molecular flexibility index (Phi) is 16.4. The molecule has 0 bridgehead atoms. The Morgan fingerprint density at radius 2 is 0.743 bits per heavy atom. The zero-order valence-corrected chi connectivity index (χ0v) is 22.3. The molecule has 0 aliphatic carbocycles. The van der Waals surface area contributed by atoms with Crippen LogP contribution in [0.25, 0.3) is 0 Å². The molecule has 13 nitrogen and oxygen atoms in total. The summed E-state index contributed by atoms with van der Waals surface area (Å²) in [6, 6.07) is 23.1. The molecule has 0 aromatic heterocycles. The monoisotopic (exact) mass is 562 g/mol. The zero-order valence-electron chi connectivity index (χ0n) is 17.9. The normalized spacial score (nSPS) is 10.4. The molecule has 0 fully saturated rings. The summed E-state index contributed by atoms with van der Waals surface area (Å²) in [6.45, 7) is 0. The quantitative estimate of drug-likeness (QED) is 0.198. The van der Waals surface area contributed by atoms with E-state index in [4.69, 9.17) is 9.11 Å². The summed E-state index contributed by atoms with van der Waals surface area (Å²) < 4.78 is 99.3. The number of benzene rings is 3. The van der Waals surface area contributed by atoms with Crippen LogP contribution in [-0.4, -0.2) is 44.4 Å². The molecule has 17 heteroatoms. The van der Waals surface area contributed by atoms with Gasteiger partial charge in [0.1, 0.15) is 17.2 Å². The van der Waals surface area contributed by atoms with Gasteiger partial charge in [-0.05, 0) is 36.4 Å². The van der Waals surface area contributed by atoms with Gasteiger partial charge in [-0.1, -0.05) is 54.6 Å². The van der Waals surface area contributed by atoms with E-state index >= 15 is 0 Å². The van der Waals surface area contributed by atoms with Gasteiger partial charge >= 0.3 is 50.4 Å². The molecule has 4 N–H and O–H groups in total. The maximum atomic E-state index is 10.1. The molecule has 0 unspecified atom stereocenters. The van der Waals surface area contributed by atoms with Crippen LogP contribution >= 0.6 is 0 Å². The van der Waals surface area contributed by atoms with Crippen LogP contribution in [0.3, 0.4) is 0 Å². The van der Waals surface area contributed by atoms with E-state index in [1.54, 1.807) is 54.6 Å². The van der Waals surface area contributed by atoms with Crippen molar-refractivity contribution in [1.82, 2.24) is 0 Å². The third-order valence-electron chi connectivity index (χ3n) is 2.83. The van der Waals surface area contributed by atoms with Crippen molar-refractivity contribution in [1.29, 1.82) is 0 Å². The average Bonchev–Trinajstić information content (AvgIpc) is 2.67. The van der Waals surface area contributed by atoms with Crippen LogP contribution in [0, 0.1) is 0 Å². The molecule has 0 saturated carbocycles. The molecule has 3 aromatic carbocycles. The van der Waals surface area contributed by atoms with Crippen molar-refractivity contribution in [2.45, 2.75) is 0 Å². The van der Waals surface area contributed by atoms with Gasteiger partial charge in [0.15, 0.2) is 0 Å². The topological polar surface area (TPSA) is 225 Å². The maximum absolute atomic E-state index is 10.1. The molecule has 0 saturated heterocycles. The van der Waals surface area contributed by atoms with Gasteiger partial charge in [-0.15, -0.1) is 0 Å². The summed E-state index contributed by atoms with van der Waals surface area (Å²) in [7, 11) is -13.4. The van der Waals surface area contributed by atoms with Crippen LogP contribution in [-0.2, 0) is 31.2 Å². The van der Waals surface area contributed by atoms with Crippen LogP contribution in [0.4, 0.5) is 0 Å². The van der Waals surface area contributed by atoms with Crippen molar-refractivity contribution >= 4 is 31.2 Å². The predicted octanol–water partition coefficient (Wildman–Crippen LogP) is -1.56. The predicted molar refractivity (Wildman–Crippen MR) is 118 cm³/mol. The largest absolute Gasteiger partial charge is 1.00 e. The molecular weight excluding hydrogens is 543 g/mol. The Labute approximate surface area is 224 Å². The van der Waals surface area contributed by atoms with E-state index in [-0.39, 0.29) is 52.3 Å². The van der Waals surface area contributed by atoms with Gasteiger partial charge in [0.05, 0.1) is 0 Å². The van der Waals surface area contributed by atoms with E-state index in [1.165, 1.54) is 36.4 Å². The van der Waals surface area contributed by atoms with Crippen molar-refractivity contribution < 1.29 is 86.5 Å². The van der Waals surface area contributed by atoms with Gasteiger partial charge in [-0.25, -0.2) is 8.42 Å². The van der Waals surface area contributed by atoms with Crippen molar-refractivity contribution in [3.05, 3.63) is 91.0 Å². The maximum Gasteiger partial charge on any atom is 1.00 e. The first-order valence-electron chi connectivity index (χ1n) is 8.38. The molecule has 0 heterocycles. The smallest absolute Gasteiger partial charge is 0.716 e. The van der Waals surface area contributed by atoms with E-state index in [2.05, 4.69) is 12.5 Å². The Morgan fingerprint density at radius 3 is 0.943 bits per heavy atom. The second-order valence-corrected chi connectivity index (χ2v) is 8.48. The molecule has 0 aliphatic heterocycles. The first kappa shape index (κ1) is 34.9. The van der Waals surface area contributed by atoms with Crippen molar-refractivity contribution in [3.8, 4) is 17.2 Å². The molecule has 3 rings (SSSR count). The van der Waals surface area contributed by atoms with Crippen LogP contribution in [0.5, 0.6) is 17.2 Å². The summed E-state index contributed by atoms with van der Waals surface area (Å²) >= 11 is 0. The fourth-order valence-corrected chi connectivity index (χ4v) is 2.84. The van der Waals surface area contributed by atoms with Crippen molar-refractivity contribution in [2.24, 2.45) is 0 Å². The summed E-state index contributed by atoms with van der Waals surface area (Å²) in [4.78, 5) is 0. The Morgan fingerprint density at radius 1 is 0.514 bits per heavy atom. The minimum Gasteiger partial charge on any atom is -0.716 e. The minimum atomic E-state index is -4.63. The SMILES string of the molecule is O.O=S(=O)(O)Oc1ccccc1.O=S(=O)(O)Oc1ccccc1.O=S(=O)([O-])Oc1ccccc1.[Na+]. The summed E-state index contributed by atoms with van der Waals surface area (Å²) in [5.41, 5.74) is 0. The van der Waals surface area contributed by atoms with E-state index in [0.717, 1.165) is 0 Å². The van der Waals surface area contributed by atoms with Gasteiger partial charge < -0.3 is 22.6 Å². The average molecular weight is 563 g/mol. The summed E-state index contributed by atoms with van der Waals surface area (Å²) in [5, 5.41) is 0. The molecule has 3 aromatic rings. The van der Waals surface area contributed by atoms with Gasteiger partial charge in [-0.3, -0.25) is 9.11 Å². The van der Waals surface area contributed by atoms with Gasteiger partial charge in [0.25, 0.3) is 10.4 Å². The third kappa shape index (κ3) is 20.8. The Hall–Kier alpha value is -2.25. The standard InChI is InChI=1S/3C6H6O4S.Na.H2O/c3*7-11(8,9)10-6-4-2-1-3-5-6;;/h3*1-5H,(H,7,8,9);;1H2/q;;;+1;/p-1. The molecule has 0 radical (unpaired) electrons. The van der Waals surface area contributed by atoms with Crippen LogP contribution in [0.15, 0.2) is 91.0 Å². The summed E-state index contributed by atoms with van der Waals surface area (Å²) in [5.74, 6) is 0.215. The van der Waals surface area contributed by atoms with Gasteiger partial charge in [0.2, 0.25) is 0 Å². The van der Waals surface area contributed by atoms with E-state index < -0.39 is 31.2 Å². The van der Waals surface area contributed by atoms with Gasteiger partial charge in [0, 0.05) is 0 Å². The van der Waals surface area contributed by atoms with E-state index in [0.29, 0.717) is 0 Å². The molecule has 188 valence electrons. The third-order valence-corrected chi connectivity index (χ3v) is 4.03. The van der Waals surface area contributed by atoms with Crippen molar-refractivity contribution in [3.63, 3.8) is 0 Å². The van der Waals surface area contributed by atoms with Crippen LogP contribution in [0.2, 0.25) is 0 Å². The van der Waals surface area contributed by atoms with E-state index in [1.807, 2.05) is 0 Å². The molecule has 35 heavy (non-hydrogen) atoms. The Balaban J connectivity index is 0. The van der Waals surface area contributed by atoms with Crippen LogP contribution < -0.4 is 42.1 Å². The number of hydrogen-bond donors (Lipinski definition) is 2. The fraction of sp³-hybridized carbons (Fsp3) is 0. The van der Waals surface area contributed by atoms with Gasteiger partial charge in [-0.2, -0.15) is 16.8 Å². The summed E-state index contributed by atoms with van der Waals surface area (Å²) in [6.07, 6.45) is 0. The molecule has 0 atom stereocenters. The fourth-order valence-electron chi connectivity index (χ4n) is 1.79. The molecule has 0 amide bonds. The minimum absolute atomic E-state index is 0. The first-order valence-corrected chi connectivity index (χ1v) is 12.4. The molecular formula is C18H19NaO13S3. The first-order chi connectivity index (χ1) is 15.2. The zero-order chi connectivity index (χ0) is 25.0. The number of hydrogen-bond acceptors (Lipinski definition) is 10. The van der Waals surface area contributed by atoms with E-state index in [9.17, 15) is 29.8 Å². The molecule has 0 aliphatic rings. The number of para-hydroxylation sites is 3. The second-order valence-electron chi connectivity index (χ2n) is 5.45. The Bertz CT molecular complexity index is 1120. The van der Waals surface area contributed by atoms with Crippen LogP contribution in [0.1, 0.15) is 0 Å². The second kappa shape index (κ2) is 16.4. The molecule has 0 spiro atoms. The van der Waals surface area contributed by atoms with Crippen molar-refractivity contribution in [2.75, 3.05) is 0 Å². The number of rotatable bonds is 6.